The second kappa shape index (κ2) is 6.54. The molecule has 0 unspecified atom stereocenters. The maximum absolute atomic E-state index is 12.4. The van der Waals surface area contributed by atoms with E-state index in [4.69, 9.17) is 0 Å². The minimum absolute atomic E-state index is 0.106. The van der Waals surface area contributed by atoms with Crippen LogP contribution in [0, 0.1) is 0 Å². The molecule has 0 aliphatic carbocycles. The van der Waals surface area contributed by atoms with E-state index < -0.39 is 18.2 Å². The Morgan fingerprint density at radius 1 is 1.00 bits per heavy atom. The first-order chi connectivity index (χ1) is 11.0. The van der Waals surface area contributed by atoms with Gasteiger partial charge in [-0.05, 0) is 29.8 Å². The van der Waals surface area contributed by atoms with Gasteiger partial charge in [-0.25, -0.2) is 0 Å². The van der Waals surface area contributed by atoms with Crippen LogP contribution in [0.3, 0.4) is 0 Å². The highest BCUT2D eigenvalue weighted by Gasteiger charge is 2.33. The van der Waals surface area contributed by atoms with E-state index in [1.807, 2.05) is 0 Å². The maximum atomic E-state index is 12.4. The molecule has 0 saturated heterocycles. The summed E-state index contributed by atoms with van der Waals surface area (Å²) in [7, 11) is 1.52. The van der Waals surface area contributed by atoms with Crippen molar-refractivity contribution < 1.29 is 31.1 Å². The summed E-state index contributed by atoms with van der Waals surface area (Å²) in [5, 5.41) is 6.56. The topological polar surface area (TPSA) is 38.2 Å². The van der Waals surface area contributed by atoms with Crippen molar-refractivity contribution in [1.29, 1.82) is 0 Å². The molecule has 0 aliphatic heterocycles. The highest BCUT2D eigenvalue weighted by molar-refractivity contribution is 5.39. The summed E-state index contributed by atoms with van der Waals surface area (Å²) in [6.45, 7) is 0.106. The van der Waals surface area contributed by atoms with Crippen LogP contribution < -0.4 is 9.64 Å². The Kier molecular flexibility index (Phi) is 4.86. The Balaban J connectivity index is 2.09. The zero-order valence-corrected chi connectivity index (χ0v) is 12.2. The van der Waals surface area contributed by atoms with Crippen LogP contribution >= 0.6 is 0 Å². The number of aromatic nitrogens is 2. The van der Waals surface area contributed by atoms with E-state index in [1.54, 1.807) is 6.07 Å². The van der Waals surface area contributed by atoms with Crippen LogP contribution in [-0.4, -0.2) is 23.6 Å². The van der Waals surface area contributed by atoms with Gasteiger partial charge in [0.15, 0.2) is 11.5 Å². The Labute approximate surface area is 132 Å². The molecule has 0 N–H and O–H groups in total. The van der Waals surface area contributed by atoms with Crippen LogP contribution in [0.2, 0.25) is 0 Å². The fourth-order valence-electron chi connectivity index (χ4n) is 1.88. The predicted octanol–water partition coefficient (Wildman–Crippen LogP) is 4.03. The van der Waals surface area contributed by atoms with Gasteiger partial charge in [0.2, 0.25) is 0 Å². The quantitative estimate of drug-likeness (QED) is 0.780. The average molecular weight is 351 g/mol. The lowest BCUT2D eigenvalue weighted by Crippen LogP contribution is -2.20. The molecule has 0 amide bonds. The molecular formula is C14H11F6N3O. The van der Waals surface area contributed by atoms with Gasteiger partial charge in [0.25, 0.3) is 0 Å². The van der Waals surface area contributed by atoms with Gasteiger partial charge in [-0.2, -0.15) is 13.2 Å². The number of benzene rings is 1. The molecule has 1 aromatic carbocycles. The monoisotopic (exact) mass is 351 g/mol. The third-order valence-electron chi connectivity index (χ3n) is 2.88. The average Bonchev–Trinajstić information content (AvgIpc) is 2.45. The summed E-state index contributed by atoms with van der Waals surface area (Å²) in [5.74, 6) is -0.239. The predicted molar refractivity (Wildman–Crippen MR) is 72.3 cm³/mol. The first kappa shape index (κ1) is 17.8. The van der Waals surface area contributed by atoms with Gasteiger partial charge < -0.3 is 9.64 Å². The van der Waals surface area contributed by atoms with Crippen LogP contribution in [0.5, 0.6) is 5.75 Å². The van der Waals surface area contributed by atoms with Crippen LogP contribution in [0.25, 0.3) is 0 Å². The summed E-state index contributed by atoms with van der Waals surface area (Å²) in [4.78, 5) is 1.44. The molecule has 0 atom stereocenters. The number of alkyl halides is 6. The smallest absolute Gasteiger partial charge is 0.406 e. The molecule has 10 heteroatoms. The van der Waals surface area contributed by atoms with Crippen molar-refractivity contribution in [2.75, 3.05) is 11.9 Å². The van der Waals surface area contributed by atoms with E-state index in [0.29, 0.717) is 5.56 Å². The third kappa shape index (κ3) is 5.00. The standard InChI is InChI=1S/C14H11F6N3O/c1-23(12-6-5-11(21-22-12)13(15,16)17)8-9-3-2-4-10(7-9)24-14(18,19)20/h2-7H,8H2,1H3. The molecule has 0 fully saturated rings. The zero-order valence-electron chi connectivity index (χ0n) is 12.2. The SMILES string of the molecule is CN(Cc1cccc(OC(F)(F)F)c1)c1ccc(C(F)(F)F)nn1. The highest BCUT2D eigenvalue weighted by atomic mass is 19.4. The Bertz CT molecular complexity index is 684. The lowest BCUT2D eigenvalue weighted by Gasteiger charge is -2.18. The van der Waals surface area contributed by atoms with Gasteiger partial charge in [-0.3, -0.25) is 0 Å². The van der Waals surface area contributed by atoms with Crippen molar-refractivity contribution >= 4 is 5.82 Å². The number of nitrogens with zero attached hydrogens (tertiary/aromatic N) is 3. The number of rotatable bonds is 4. The van der Waals surface area contributed by atoms with Gasteiger partial charge in [0, 0.05) is 13.6 Å². The summed E-state index contributed by atoms with van der Waals surface area (Å²) in [5.41, 5.74) is -0.666. The van der Waals surface area contributed by atoms with E-state index in [1.165, 1.54) is 24.1 Å². The van der Waals surface area contributed by atoms with E-state index in [2.05, 4.69) is 14.9 Å². The summed E-state index contributed by atoms with van der Waals surface area (Å²) < 4.78 is 77.7. The van der Waals surface area contributed by atoms with Crippen molar-refractivity contribution in [2.45, 2.75) is 19.1 Å². The van der Waals surface area contributed by atoms with Crippen LogP contribution in [0.4, 0.5) is 32.2 Å². The molecule has 2 aromatic rings. The molecular weight excluding hydrogens is 340 g/mol. The number of hydrogen-bond donors (Lipinski definition) is 0. The van der Waals surface area contributed by atoms with Crippen LogP contribution in [0.15, 0.2) is 36.4 Å². The van der Waals surface area contributed by atoms with E-state index in [-0.39, 0.29) is 18.1 Å². The molecule has 1 heterocycles. The maximum Gasteiger partial charge on any atom is 0.573 e. The van der Waals surface area contributed by atoms with E-state index >= 15 is 0 Å². The Morgan fingerprint density at radius 3 is 2.25 bits per heavy atom. The van der Waals surface area contributed by atoms with Gasteiger partial charge >= 0.3 is 12.5 Å². The third-order valence-corrected chi connectivity index (χ3v) is 2.88. The fraction of sp³-hybridized carbons (Fsp3) is 0.286. The molecule has 4 nitrogen and oxygen atoms in total. The van der Waals surface area contributed by atoms with Crippen molar-refractivity contribution in [3.8, 4) is 5.75 Å². The molecule has 2 rings (SSSR count). The largest absolute Gasteiger partial charge is 0.573 e. The Morgan fingerprint density at radius 2 is 1.71 bits per heavy atom. The van der Waals surface area contributed by atoms with Crippen LogP contribution in [-0.2, 0) is 12.7 Å². The summed E-state index contributed by atoms with van der Waals surface area (Å²) >= 11 is 0. The lowest BCUT2D eigenvalue weighted by atomic mass is 10.2. The van der Waals surface area contributed by atoms with Gasteiger partial charge in [-0.1, -0.05) is 12.1 Å². The first-order valence-corrected chi connectivity index (χ1v) is 6.51. The van der Waals surface area contributed by atoms with Gasteiger partial charge in [0.05, 0.1) is 0 Å². The summed E-state index contributed by atoms with van der Waals surface area (Å²) in [6.07, 6.45) is -9.39. The molecule has 24 heavy (non-hydrogen) atoms. The fourth-order valence-corrected chi connectivity index (χ4v) is 1.88. The van der Waals surface area contributed by atoms with Gasteiger partial charge in [0.1, 0.15) is 5.75 Å². The summed E-state index contributed by atoms with van der Waals surface area (Å²) in [6, 6.07) is 7.17. The van der Waals surface area contributed by atoms with Crippen molar-refractivity contribution in [2.24, 2.45) is 0 Å². The minimum atomic E-state index is -4.80. The molecule has 1 aromatic heterocycles. The van der Waals surface area contributed by atoms with Crippen molar-refractivity contribution in [3.05, 3.63) is 47.7 Å². The lowest BCUT2D eigenvalue weighted by molar-refractivity contribution is -0.274. The first-order valence-electron chi connectivity index (χ1n) is 6.51. The van der Waals surface area contributed by atoms with E-state index in [0.717, 1.165) is 18.2 Å². The molecule has 0 aliphatic rings. The number of ether oxygens (including phenoxy) is 1. The van der Waals surface area contributed by atoms with Gasteiger partial charge in [-0.15, -0.1) is 23.4 Å². The molecule has 0 radical (unpaired) electrons. The Hall–Kier alpha value is -2.52. The molecule has 0 saturated carbocycles. The highest BCUT2D eigenvalue weighted by Crippen LogP contribution is 2.28. The molecule has 0 spiro atoms. The normalized spacial score (nSPS) is 12.1. The molecule has 0 bridgehead atoms. The van der Waals surface area contributed by atoms with Crippen LogP contribution in [0.1, 0.15) is 11.3 Å². The van der Waals surface area contributed by atoms with E-state index in [9.17, 15) is 26.3 Å². The van der Waals surface area contributed by atoms with Crippen molar-refractivity contribution in [3.63, 3.8) is 0 Å². The molecule has 130 valence electrons. The minimum Gasteiger partial charge on any atom is -0.406 e. The number of anilines is 1. The second-order valence-corrected chi connectivity index (χ2v) is 4.83. The number of halogens is 6. The van der Waals surface area contributed by atoms with Crippen molar-refractivity contribution in [1.82, 2.24) is 10.2 Å². The second-order valence-electron chi connectivity index (χ2n) is 4.83. The zero-order chi connectivity index (χ0) is 18.0. The number of hydrogen-bond acceptors (Lipinski definition) is 4.